The number of rotatable bonds is 2. The van der Waals surface area contributed by atoms with Crippen LogP contribution >= 0.6 is 22.9 Å². The van der Waals surface area contributed by atoms with Gasteiger partial charge in [0.25, 0.3) is 0 Å². The predicted molar refractivity (Wildman–Crippen MR) is 60.2 cm³/mol. The van der Waals surface area contributed by atoms with Crippen LogP contribution in [0.4, 0.5) is 0 Å². The SMILES string of the molecule is CC1C(=O)NC(c2ccc(Cl)s2)C1[N+](=O)[O-]. The van der Waals surface area contributed by atoms with Crippen LogP contribution in [0.25, 0.3) is 0 Å². The van der Waals surface area contributed by atoms with Crippen molar-refractivity contribution in [2.45, 2.75) is 19.0 Å². The first-order chi connectivity index (χ1) is 7.50. The summed E-state index contributed by atoms with van der Waals surface area (Å²) >= 11 is 7.03. The van der Waals surface area contributed by atoms with Crippen molar-refractivity contribution >= 4 is 28.8 Å². The number of carbonyl (C=O) groups excluding carboxylic acids is 1. The minimum absolute atomic E-state index is 0.281. The normalized spacial score (nSPS) is 29.1. The lowest BCUT2D eigenvalue weighted by Gasteiger charge is -2.11. The van der Waals surface area contributed by atoms with Crippen LogP contribution in [0.2, 0.25) is 4.34 Å². The number of carbonyl (C=O) groups is 1. The van der Waals surface area contributed by atoms with Crippen molar-refractivity contribution in [1.29, 1.82) is 0 Å². The molecule has 0 saturated carbocycles. The zero-order chi connectivity index (χ0) is 11.9. The van der Waals surface area contributed by atoms with Gasteiger partial charge in [0.1, 0.15) is 12.0 Å². The molecular weight excluding hydrogens is 252 g/mol. The van der Waals surface area contributed by atoms with E-state index in [0.29, 0.717) is 4.34 Å². The van der Waals surface area contributed by atoms with Crippen LogP contribution in [0.5, 0.6) is 0 Å². The summed E-state index contributed by atoms with van der Waals surface area (Å²) in [7, 11) is 0. The first kappa shape index (κ1) is 11.3. The van der Waals surface area contributed by atoms with E-state index in [1.807, 2.05) is 0 Å². The molecule has 0 aliphatic carbocycles. The van der Waals surface area contributed by atoms with Gasteiger partial charge in [-0.05, 0) is 19.1 Å². The summed E-state index contributed by atoms with van der Waals surface area (Å²) in [6, 6.07) is 1.91. The smallest absolute Gasteiger partial charge is 0.249 e. The molecule has 1 saturated heterocycles. The summed E-state index contributed by atoms with van der Waals surface area (Å²) < 4.78 is 0.561. The molecule has 3 unspecified atom stereocenters. The van der Waals surface area contributed by atoms with Crippen LogP contribution in [0.1, 0.15) is 17.8 Å². The highest BCUT2D eigenvalue weighted by molar-refractivity contribution is 7.16. The topological polar surface area (TPSA) is 72.2 Å². The Morgan fingerprint density at radius 3 is 2.75 bits per heavy atom. The summed E-state index contributed by atoms with van der Waals surface area (Å²) in [5.74, 6) is -0.892. The Balaban J connectivity index is 2.33. The molecule has 1 aliphatic heterocycles. The Morgan fingerprint density at radius 2 is 2.25 bits per heavy atom. The second-order valence-corrected chi connectivity index (χ2v) is 5.44. The van der Waals surface area contributed by atoms with Gasteiger partial charge in [-0.2, -0.15) is 0 Å². The van der Waals surface area contributed by atoms with E-state index in [4.69, 9.17) is 11.6 Å². The zero-order valence-electron chi connectivity index (χ0n) is 8.34. The number of nitrogens with one attached hydrogen (secondary N) is 1. The van der Waals surface area contributed by atoms with Crippen LogP contribution in [-0.2, 0) is 4.79 Å². The Bertz CT molecular complexity index is 448. The number of amides is 1. The summed E-state index contributed by atoms with van der Waals surface area (Å²) in [6.45, 7) is 1.57. The number of halogens is 1. The highest BCUT2D eigenvalue weighted by Crippen LogP contribution is 2.35. The molecule has 0 bridgehead atoms. The highest BCUT2D eigenvalue weighted by atomic mass is 35.5. The van der Waals surface area contributed by atoms with Gasteiger partial charge in [-0.15, -0.1) is 11.3 Å². The molecule has 0 spiro atoms. The molecule has 86 valence electrons. The molecule has 7 heteroatoms. The van der Waals surface area contributed by atoms with Crippen molar-refractivity contribution in [3.05, 3.63) is 31.5 Å². The van der Waals surface area contributed by atoms with Crippen LogP contribution < -0.4 is 5.32 Å². The second-order valence-electron chi connectivity index (χ2n) is 3.69. The minimum atomic E-state index is -0.915. The Kier molecular flexibility index (Phi) is 2.86. The van der Waals surface area contributed by atoms with Gasteiger partial charge < -0.3 is 5.32 Å². The average Bonchev–Trinajstić information content (AvgIpc) is 2.73. The van der Waals surface area contributed by atoms with Gasteiger partial charge in [0.05, 0.1) is 4.34 Å². The van der Waals surface area contributed by atoms with Crippen molar-refractivity contribution in [3.8, 4) is 0 Å². The van der Waals surface area contributed by atoms with Gasteiger partial charge in [-0.25, -0.2) is 0 Å². The Hall–Kier alpha value is -1.14. The first-order valence-corrected chi connectivity index (χ1v) is 5.89. The lowest BCUT2D eigenvalue weighted by atomic mass is 10.00. The highest BCUT2D eigenvalue weighted by Gasteiger charge is 2.49. The lowest BCUT2D eigenvalue weighted by molar-refractivity contribution is -0.530. The molecule has 1 amide bonds. The van der Waals surface area contributed by atoms with Gasteiger partial charge in [0.2, 0.25) is 11.9 Å². The van der Waals surface area contributed by atoms with E-state index in [2.05, 4.69) is 5.32 Å². The third-order valence-electron chi connectivity index (χ3n) is 2.71. The molecule has 0 aromatic carbocycles. The van der Waals surface area contributed by atoms with Gasteiger partial charge in [0, 0.05) is 9.80 Å². The molecule has 2 heterocycles. The van der Waals surface area contributed by atoms with Gasteiger partial charge in [-0.3, -0.25) is 14.9 Å². The monoisotopic (exact) mass is 260 g/mol. The maximum absolute atomic E-state index is 11.4. The largest absolute Gasteiger partial charge is 0.341 e. The number of hydrogen-bond acceptors (Lipinski definition) is 4. The molecule has 5 nitrogen and oxygen atoms in total. The maximum Gasteiger partial charge on any atom is 0.249 e. The van der Waals surface area contributed by atoms with Gasteiger partial charge >= 0.3 is 0 Å². The third-order valence-corrected chi connectivity index (χ3v) is 4.02. The molecule has 1 N–H and O–H groups in total. The molecule has 16 heavy (non-hydrogen) atoms. The fourth-order valence-corrected chi connectivity index (χ4v) is 3.01. The van der Waals surface area contributed by atoms with E-state index in [0.717, 1.165) is 4.88 Å². The third kappa shape index (κ3) is 1.78. The molecule has 3 atom stereocenters. The van der Waals surface area contributed by atoms with Crippen LogP contribution in [0.3, 0.4) is 0 Å². The molecular formula is C9H9ClN2O3S. The van der Waals surface area contributed by atoms with Crippen LogP contribution in [-0.4, -0.2) is 16.9 Å². The van der Waals surface area contributed by atoms with Gasteiger partial charge in [-0.1, -0.05) is 11.6 Å². The van der Waals surface area contributed by atoms with Crippen molar-refractivity contribution in [2.24, 2.45) is 5.92 Å². The quantitative estimate of drug-likeness (QED) is 0.652. The van der Waals surface area contributed by atoms with Crippen molar-refractivity contribution in [3.63, 3.8) is 0 Å². The standard InChI is InChI=1S/C9H9ClN2O3S/c1-4-8(12(14)15)7(11-9(4)13)5-2-3-6(10)16-5/h2-4,7-8H,1H3,(H,11,13). The molecule has 1 aromatic heterocycles. The summed E-state index contributed by atoms with van der Waals surface area (Å²) in [4.78, 5) is 22.7. The van der Waals surface area contributed by atoms with E-state index in [1.54, 1.807) is 19.1 Å². The maximum atomic E-state index is 11.4. The fraction of sp³-hybridized carbons (Fsp3) is 0.444. The van der Waals surface area contributed by atoms with Crippen molar-refractivity contribution in [2.75, 3.05) is 0 Å². The lowest BCUT2D eigenvalue weighted by Crippen LogP contribution is -2.29. The number of nitrogens with zero attached hydrogens (tertiary/aromatic N) is 1. The number of thiophene rings is 1. The predicted octanol–water partition coefficient (Wildman–Crippen LogP) is 1.85. The Labute approximate surface area is 101 Å². The minimum Gasteiger partial charge on any atom is -0.341 e. The second kappa shape index (κ2) is 4.03. The van der Waals surface area contributed by atoms with E-state index >= 15 is 0 Å². The molecule has 1 aromatic rings. The number of nitro groups is 1. The van der Waals surface area contributed by atoms with Crippen molar-refractivity contribution < 1.29 is 9.72 Å². The molecule has 0 radical (unpaired) electrons. The molecule has 1 fully saturated rings. The van der Waals surface area contributed by atoms with Crippen molar-refractivity contribution in [1.82, 2.24) is 5.32 Å². The number of hydrogen-bond donors (Lipinski definition) is 1. The van der Waals surface area contributed by atoms with E-state index in [9.17, 15) is 14.9 Å². The van der Waals surface area contributed by atoms with E-state index in [1.165, 1.54) is 11.3 Å². The molecule has 2 rings (SSSR count). The van der Waals surface area contributed by atoms with E-state index < -0.39 is 22.9 Å². The van der Waals surface area contributed by atoms with E-state index in [-0.39, 0.29) is 5.91 Å². The van der Waals surface area contributed by atoms with Crippen LogP contribution in [0, 0.1) is 16.0 Å². The summed E-state index contributed by atoms with van der Waals surface area (Å²) in [5, 5.41) is 13.6. The van der Waals surface area contributed by atoms with Crippen LogP contribution in [0.15, 0.2) is 12.1 Å². The first-order valence-electron chi connectivity index (χ1n) is 4.70. The van der Waals surface area contributed by atoms with Gasteiger partial charge in [0.15, 0.2) is 0 Å². The summed E-state index contributed by atoms with van der Waals surface area (Å²) in [6.07, 6.45) is 0. The molecule has 1 aliphatic rings. The Morgan fingerprint density at radius 1 is 1.56 bits per heavy atom. The summed E-state index contributed by atoms with van der Waals surface area (Å²) in [5.41, 5.74) is 0. The fourth-order valence-electron chi connectivity index (χ4n) is 1.85. The average molecular weight is 261 g/mol. The zero-order valence-corrected chi connectivity index (χ0v) is 9.92.